The molecule has 0 spiro atoms. The number of nitrogens with two attached hydrogens (primary N) is 1. The third-order valence-electron chi connectivity index (χ3n) is 2.58. The van der Waals surface area contributed by atoms with Crippen LogP contribution in [0.4, 0.5) is 0 Å². The molecule has 5 heteroatoms. The Labute approximate surface area is 100 Å². The van der Waals surface area contributed by atoms with E-state index in [9.17, 15) is 0 Å². The zero-order chi connectivity index (χ0) is 12.3. The van der Waals surface area contributed by atoms with Crippen molar-refractivity contribution in [3.05, 3.63) is 29.8 Å². The molecule has 2 heterocycles. The van der Waals surface area contributed by atoms with E-state index in [0.717, 1.165) is 17.7 Å². The summed E-state index contributed by atoms with van der Waals surface area (Å²) >= 11 is 0. The molecule has 0 aliphatic rings. The van der Waals surface area contributed by atoms with Crippen molar-refractivity contribution in [2.75, 3.05) is 0 Å². The Morgan fingerprint density at radius 2 is 2.29 bits per heavy atom. The van der Waals surface area contributed by atoms with E-state index in [1.165, 1.54) is 0 Å². The zero-order valence-corrected chi connectivity index (χ0v) is 10.1. The van der Waals surface area contributed by atoms with Gasteiger partial charge in [0.05, 0.1) is 0 Å². The van der Waals surface area contributed by atoms with Gasteiger partial charge in [0.2, 0.25) is 0 Å². The Bertz CT molecular complexity index is 495. The molecule has 0 amide bonds. The van der Waals surface area contributed by atoms with Crippen LogP contribution in [-0.2, 0) is 6.42 Å². The number of aryl methyl sites for hydroxylation is 1. The molecule has 0 aliphatic carbocycles. The van der Waals surface area contributed by atoms with E-state index in [-0.39, 0.29) is 6.04 Å². The van der Waals surface area contributed by atoms with E-state index in [2.05, 4.69) is 15.1 Å². The van der Waals surface area contributed by atoms with Gasteiger partial charge in [-0.25, -0.2) is 0 Å². The topological polar surface area (TPSA) is 77.8 Å². The number of nitrogens with zero attached hydrogens (tertiary/aromatic N) is 3. The number of rotatable bonds is 4. The Hall–Kier alpha value is -1.75. The third-order valence-corrected chi connectivity index (χ3v) is 2.58. The fraction of sp³-hybridized carbons (Fsp3) is 0.417. The second kappa shape index (κ2) is 5.05. The number of hydrogen-bond donors (Lipinski definition) is 1. The monoisotopic (exact) mass is 232 g/mol. The predicted molar refractivity (Wildman–Crippen MR) is 64.2 cm³/mol. The van der Waals surface area contributed by atoms with Gasteiger partial charge in [0.25, 0.3) is 5.89 Å². The molecular formula is C12H16N4O. The molecule has 90 valence electrons. The summed E-state index contributed by atoms with van der Waals surface area (Å²) in [6, 6.07) is 3.85. The molecule has 5 nitrogen and oxygen atoms in total. The first-order valence-corrected chi connectivity index (χ1v) is 5.70. The fourth-order valence-electron chi connectivity index (χ4n) is 1.51. The van der Waals surface area contributed by atoms with Gasteiger partial charge in [0.15, 0.2) is 5.82 Å². The highest BCUT2D eigenvalue weighted by Gasteiger charge is 2.11. The molecule has 2 aromatic rings. The van der Waals surface area contributed by atoms with E-state index >= 15 is 0 Å². The van der Waals surface area contributed by atoms with Gasteiger partial charge in [-0.05, 0) is 25.5 Å². The molecule has 0 fully saturated rings. The molecule has 0 bridgehead atoms. The maximum Gasteiger partial charge on any atom is 0.258 e. The Morgan fingerprint density at radius 1 is 1.47 bits per heavy atom. The molecular weight excluding hydrogens is 216 g/mol. The maximum absolute atomic E-state index is 5.85. The van der Waals surface area contributed by atoms with Gasteiger partial charge >= 0.3 is 0 Å². The van der Waals surface area contributed by atoms with Crippen molar-refractivity contribution in [2.24, 2.45) is 5.73 Å². The van der Waals surface area contributed by atoms with Crippen LogP contribution in [0.5, 0.6) is 0 Å². The average Bonchev–Trinajstić information content (AvgIpc) is 2.77. The minimum Gasteiger partial charge on any atom is -0.334 e. The molecule has 2 rings (SSSR count). The second-order valence-electron chi connectivity index (χ2n) is 4.07. The maximum atomic E-state index is 5.85. The summed E-state index contributed by atoms with van der Waals surface area (Å²) in [7, 11) is 0. The first-order valence-electron chi connectivity index (χ1n) is 5.70. The van der Waals surface area contributed by atoms with E-state index in [4.69, 9.17) is 10.3 Å². The molecule has 0 saturated carbocycles. The van der Waals surface area contributed by atoms with Crippen molar-refractivity contribution >= 4 is 0 Å². The van der Waals surface area contributed by atoms with Gasteiger partial charge in [0, 0.05) is 29.9 Å². The van der Waals surface area contributed by atoms with E-state index in [0.29, 0.717) is 18.1 Å². The van der Waals surface area contributed by atoms with Crippen molar-refractivity contribution in [1.82, 2.24) is 15.1 Å². The van der Waals surface area contributed by atoms with Crippen LogP contribution < -0.4 is 5.73 Å². The molecule has 1 unspecified atom stereocenters. The van der Waals surface area contributed by atoms with Crippen LogP contribution in [0, 0.1) is 6.92 Å². The predicted octanol–water partition coefficient (Wildman–Crippen LogP) is 1.72. The highest BCUT2D eigenvalue weighted by Crippen LogP contribution is 2.17. The highest BCUT2D eigenvalue weighted by atomic mass is 16.5. The normalized spacial score (nSPS) is 12.6. The number of aromatic nitrogens is 3. The van der Waals surface area contributed by atoms with E-state index < -0.39 is 0 Å². The van der Waals surface area contributed by atoms with Crippen LogP contribution in [-0.4, -0.2) is 21.2 Å². The summed E-state index contributed by atoms with van der Waals surface area (Å²) in [5, 5.41) is 3.92. The van der Waals surface area contributed by atoms with Gasteiger partial charge in [-0.15, -0.1) is 0 Å². The lowest BCUT2D eigenvalue weighted by molar-refractivity contribution is 0.419. The minimum absolute atomic E-state index is 0.0830. The summed E-state index contributed by atoms with van der Waals surface area (Å²) in [6.45, 7) is 3.96. The molecule has 0 radical (unpaired) electrons. The van der Waals surface area contributed by atoms with Crippen molar-refractivity contribution in [2.45, 2.75) is 32.7 Å². The van der Waals surface area contributed by atoms with Crippen molar-refractivity contribution in [3.63, 3.8) is 0 Å². The lowest BCUT2D eigenvalue weighted by atomic mass is 10.1. The lowest BCUT2D eigenvalue weighted by Crippen LogP contribution is -2.21. The Morgan fingerprint density at radius 3 is 3.00 bits per heavy atom. The van der Waals surface area contributed by atoms with Crippen molar-refractivity contribution < 1.29 is 4.52 Å². The number of hydrogen-bond acceptors (Lipinski definition) is 5. The van der Waals surface area contributed by atoms with Crippen LogP contribution in [0.1, 0.15) is 24.9 Å². The summed E-state index contributed by atoms with van der Waals surface area (Å²) in [5.41, 5.74) is 7.66. The van der Waals surface area contributed by atoms with Gasteiger partial charge in [-0.1, -0.05) is 12.1 Å². The fourth-order valence-corrected chi connectivity index (χ4v) is 1.51. The van der Waals surface area contributed by atoms with Gasteiger partial charge in [-0.2, -0.15) is 4.98 Å². The Kier molecular flexibility index (Phi) is 3.49. The zero-order valence-electron chi connectivity index (χ0n) is 10.1. The summed E-state index contributed by atoms with van der Waals surface area (Å²) in [4.78, 5) is 8.45. The Balaban J connectivity index is 2.18. The van der Waals surface area contributed by atoms with Crippen molar-refractivity contribution in [3.8, 4) is 11.5 Å². The summed E-state index contributed by atoms with van der Waals surface area (Å²) < 4.78 is 5.21. The first-order chi connectivity index (χ1) is 8.19. The van der Waals surface area contributed by atoms with Gasteiger partial charge < -0.3 is 10.3 Å². The van der Waals surface area contributed by atoms with Crippen LogP contribution in [0.15, 0.2) is 22.9 Å². The smallest absolute Gasteiger partial charge is 0.258 e. The molecule has 0 saturated heterocycles. The van der Waals surface area contributed by atoms with Gasteiger partial charge in [0.1, 0.15) is 0 Å². The molecule has 1 atom stereocenters. The summed E-state index contributed by atoms with van der Waals surface area (Å²) in [6.07, 6.45) is 3.27. The molecule has 17 heavy (non-hydrogen) atoms. The largest absolute Gasteiger partial charge is 0.334 e. The standard InChI is InChI=1S/C12H16N4O/c1-3-10(13)7-11-15-12(17-16-11)9-4-5-14-8(2)6-9/h4-6,10H,3,7,13H2,1-2H3. The molecule has 2 aromatic heterocycles. The lowest BCUT2D eigenvalue weighted by Gasteiger charge is -2.02. The first kappa shape index (κ1) is 11.7. The minimum atomic E-state index is 0.0830. The third kappa shape index (κ3) is 2.88. The number of pyridine rings is 1. The van der Waals surface area contributed by atoms with Crippen LogP contribution in [0.25, 0.3) is 11.5 Å². The molecule has 2 N–H and O–H groups in total. The van der Waals surface area contributed by atoms with Crippen LogP contribution in [0.2, 0.25) is 0 Å². The second-order valence-corrected chi connectivity index (χ2v) is 4.07. The van der Waals surface area contributed by atoms with Crippen LogP contribution in [0.3, 0.4) is 0 Å². The SMILES string of the molecule is CCC(N)Cc1noc(-c2ccnc(C)c2)n1. The summed E-state index contributed by atoms with van der Waals surface area (Å²) in [5.74, 6) is 1.18. The van der Waals surface area contributed by atoms with E-state index in [1.807, 2.05) is 26.0 Å². The molecule has 0 aromatic carbocycles. The van der Waals surface area contributed by atoms with E-state index in [1.54, 1.807) is 6.20 Å². The van der Waals surface area contributed by atoms with Crippen LogP contribution >= 0.6 is 0 Å². The van der Waals surface area contributed by atoms with Crippen molar-refractivity contribution in [1.29, 1.82) is 0 Å². The quantitative estimate of drug-likeness (QED) is 0.868. The average molecular weight is 232 g/mol. The van der Waals surface area contributed by atoms with Gasteiger partial charge in [-0.3, -0.25) is 4.98 Å². The molecule has 0 aliphatic heterocycles. The highest BCUT2D eigenvalue weighted by molar-refractivity contribution is 5.52.